The number of aromatic carboxylic acids is 1. The number of anilines is 1. The third-order valence-electron chi connectivity index (χ3n) is 3.38. The minimum atomic E-state index is -1.03. The zero-order chi connectivity index (χ0) is 17.4. The Morgan fingerprint density at radius 1 is 1.21 bits per heavy atom. The van der Waals surface area contributed by atoms with Crippen LogP contribution in [0.4, 0.5) is 9.52 Å². The zero-order valence-electron chi connectivity index (χ0n) is 12.3. The number of benzene rings is 2. The molecule has 0 saturated heterocycles. The molecule has 3 rings (SSSR count). The summed E-state index contributed by atoms with van der Waals surface area (Å²) in [5, 5.41) is 9.34. The second-order valence-electron chi connectivity index (χ2n) is 4.98. The Morgan fingerprint density at radius 3 is 2.58 bits per heavy atom. The number of rotatable bonds is 3. The lowest BCUT2D eigenvalue weighted by molar-refractivity contribution is 0.0697. The average molecular weight is 365 g/mol. The van der Waals surface area contributed by atoms with Gasteiger partial charge in [-0.15, -0.1) is 0 Å². The van der Waals surface area contributed by atoms with Crippen molar-refractivity contribution in [2.45, 2.75) is 0 Å². The highest BCUT2D eigenvalue weighted by molar-refractivity contribution is 7.22. The lowest BCUT2D eigenvalue weighted by Gasteiger charge is -2.13. The van der Waals surface area contributed by atoms with E-state index >= 15 is 0 Å². The molecule has 2 aromatic carbocycles. The van der Waals surface area contributed by atoms with E-state index in [1.807, 2.05) is 0 Å². The van der Waals surface area contributed by atoms with Gasteiger partial charge in [0, 0.05) is 12.6 Å². The summed E-state index contributed by atoms with van der Waals surface area (Å²) in [5.41, 5.74) is 0.873. The van der Waals surface area contributed by atoms with Crippen LogP contribution < -0.4 is 4.90 Å². The minimum absolute atomic E-state index is 0.0598. The molecule has 0 unspecified atom stereocenters. The molecule has 1 aromatic heterocycles. The van der Waals surface area contributed by atoms with Gasteiger partial charge in [-0.2, -0.15) is 0 Å². The number of carboxylic acids is 1. The summed E-state index contributed by atoms with van der Waals surface area (Å²) in [7, 11) is 1.52. The van der Waals surface area contributed by atoms with Crippen LogP contribution in [-0.2, 0) is 0 Å². The first-order valence-corrected chi connectivity index (χ1v) is 7.93. The average Bonchev–Trinajstić information content (AvgIpc) is 2.99. The second kappa shape index (κ2) is 6.18. The molecule has 8 heteroatoms. The Morgan fingerprint density at radius 2 is 1.92 bits per heavy atom. The highest BCUT2D eigenvalue weighted by Gasteiger charge is 2.19. The number of carbonyl (C=O) groups excluding carboxylic acids is 1. The minimum Gasteiger partial charge on any atom is -0.478 e. The van der Waals surface area contributed by atoms with Crippen LogP contribution in [-0.4, -0.2) is 29.0 Å². The zero-order valence-corrected chi connectivity index (χ0v) is 13.9. The molecule has 1 heterocycles. The van der Waals surface area contributed by atoms with E-state index in [4.69, 9.17) is 16.7 Å². The van der Waals surface area contributed by atoms with Crippen molar-refractivity contribution >= 4 is 50.2 Å². The van der Waals surface area contributed by atoms with E-state index in [-0.39, 0.29) is 16.1 Å². The van der Waals surface area contributed by atoms with Gasteiger partial charge in [-0.3, -0.25) is 9.69 Å². The predicted octanol–water partition coefficient (Wildman–Crippen LogP) is 4.06. The SMILES string of the molecule is CN(C(=O)c1ccc(Cl)c(F)c1)c1nc2ccc(C(=O)O)cc2s1. The number of thiazole rings is 1. The van der Waals surface area contributed by atoms with E-state index in [1.54, 1.807) is 6.07 Å². The Balaban J connectivity index is 1.95. The van der Waals surface area contributed by atoms with Gasteiger partial charge in [-0.25, -0.2) is 14.2 Å². The summed E-state index contributed by atoms with van der Waals surface area (Å²) >= 11 is 6.80. The van der Waals surface area contributed by atoms with Gasteiger partial charge in [-0.1, -0.05) is 22.9 Å². The number of carboxylic acid groups (broad SMARTS) is 1. The Kier molecular flexibility index (Phi) is 4.21. The number of hydrogen-bond acceptors (Lipinski definition) is 4. The van der Waals surface area contributed by atoms with Crippen molar-refractivity contribution < 1.29 is 19.1 Å². The number of aromatic nitrogens is 1. The lowest BCUT2D eigenvalue weighted by atomic mass is 10.2. The number of halogens is 2. The second-order valence-corrected chi connectivity index (χ2v) is 6.39. The van der Waals surface area contributed by atoms with Crippen molar-refractivity contribution in [2.75, 3.05) is 11.9 Å². The fraction of sp³-hybridized carbons (Fsp3) is 0.0625. The van der Waals surface area contributed by atoms with Gasteiger partial charge in [0.2, 0.25) is 0 Å². The standard InChI is InChI=1S/C16H10ClFN2O3S/c1-20(14(21)8-2-4-10(17)11(18)6-8)16-19-12-5-3-9(15(22)23)7-13(12)24-16/h2-7H,1H3,(H,22,23). The van der Waals surface area contributed by atoms with Gasteiger partial charge in [0.1, 0.15) is 5.82 Å². The molecular formula is C16H10ClFN2O3S. The summed E-state index contributed by atoms with van der Waals surface area (Å²) in [6.45, 7) is 0. The lowest BCUT2D eigenvalue weighted by Crippen LogP contribution is -2.26. The molecule has 0 aliphatic heterocycles. The first-order valence-electron chi connectivity index (χ1n) is 6.74. The molecule has 0 fully saturated rings. The normalized spacial score (nSPS) is 10.8. The molecule has 0 atom stereocenters. The van der Waals surface area contributed by atoms with Gasteiger partial charge < -0.3 is 5.11 Å². The summed E-state index contributed by atoms with van der Waals surface area (Å²) in [6, 6.07) is 8.34. The number of fused-ring (bicyclic) bond motifs is 1. The maximum Gasteiger partial charge on any atom is 0.335 e. The number of nitrogens with zero attached hydrogens (tertiary/aromatic N) is 2. The first-order chi connectivity index (χ1) is 11.4. The topological polar surface area (TPSA) is 70.5 Å². The maximum atomic E-state index is 13.5. The number of hydrogen-bond donors (Lipinski definition) is 1. The van der Waals surface area contributed by atoms with Gasteiger partial charge in [0.15, 0.2) is 5.13 Å². The fourth-order valence-corrected chi connectivity index (χ4v) is 3.18. The van der Waals surface area contributed by atoms with Crippen LogP contribution >= 0.6 is 22.9 Å². The van der Waals surface area contributed by atoms with Crippen LogP contribution in [0.3, 0.4) is 0 Å². The third kappa shape index (κ3) is 2.95. The van der Waals surface area contributed by atoms with Crippen molar-refractivity contribution in [1.82, 2.24) is 4.98 Å². The molecule has 0 radical (unpaired) electrons. The Hall–Kier alpha value is -2.51. The van der Waals surface area contributed by atoms with E-state index in [1.165, 1.54) is 47.5 Å². The molecular weight excluding hydrogens is 355 g/mol. The summed E-state index contributed by atoms with van der Waals surface area (Å²) in [6.07, 6.45) is 0. The van der Waals surface area contributed by atoms with E-state index in [2.05, 4.69) is 4.98 Å². The highest BCUT2D eigenvalue weighted by Crippen LogP contribution is 2.30. The van der Waals surface area contributed by atoms with Crippen LogP contribution in [0.15, 0.2) is 36.4 Å². The Bertz CT molecular complexity index is 973. The van der Waals surface area contributed by atoms with Gasteiger partial charge in [0.25, 0.3) is 5.91 Å². The third-order valence-corrected chi connectivity index (χ3v) is 4.78. The van der Waals surface area contributed by atoms with Gasteiger partial charge in [0.05, 0.1) is 20.8 Å². The number of carbonyl (C=O) groups is 2. The van der Waals surface area contributed by atoms with Crippen LogP contribution in [0, 0.1) is 5.82 Å². The van der Waals surface area contributed by atoms with Crippen molar-refractivity contribution in [3.05, 3.63) is 58.4 Å². The van der Waals surface area contributed by atoms with Crippen molar-refractivity contribution in [3.8, 4) is 0 Å². The van der Waals surface area contributed by atoms with E-state index in [9.17, 15) is 14.0 Å². The van der Waals surface area contributed by atoms with Crippen LogP contribution in [0.25, 0.3) is 10.2 Å². The molecule has 1 N–H and O–H groups in total. The van der Waals surface area contributed by atoms with Crippen LogP contribution in [0.1, 0.15) is 20.7 Å². The van der Waals surface area contributed by atoms with Gasteiger partial charge in [-0.05, 0) is 36.4 Å². The van der Waals surface area contributed by atoms with E-state index in [0.717, 1.165) is 6.07 Å². The molecule has 122 valence electrons. The van der Waals surface area contributed by atoms with Crippen molar-refractivity contribution in [3.63, 3.8) is 0 Å². The summed E-state index contributed by atoms with van der Waals surface area (Å²) in [4.78, 5) is 29.1. The molecule has 1 amide bonds. The number of amides is 1. The van der Waals surface area contributed by atoms with E-state index < -0.39 is 17.7 Å². The molecule has 5 nitrogen and oxygen atoms in total. The van der Waals surface area contributed by atoms with Crippen LogP contribution in [0.5, 0.6) is 0 Å². The highest BCUT2D eigenvalue weighted by atomic mass is 35.5. The predicted molar refractivity (Wildman–Crippen MR) is 90.7 cm³/mol. The molecule has 0 aliphatic rings. The summed E-state index contributed by atoms with van der Waals surface area (Å²) < 4.78 is 14.2. The fourth-order valence-electron chi connectivity index (χ4n) is 2.10. The smallest absolute Gasteiger partial charge is 0.335 e. The molecule has 0 aliphatic carbocycles. The molecule has 24 heavy (non-hydrogen) atoms. The monoisotopic (exact) mass is 364 g/mol. The van der Waals surface area contributed by atoms with E-state index in [0.29, 0.717) is 15.3 Å². The Labute approximate surface area is 144 Å². The van der Waals surface area contributed by atoms with Crippen molar-refractivity contribution in [2.24, 2.45) is 0 Å². The summed E-state index contributed by atoms with van der Waals surface area (Å²) in [5.74, 6) is -2.15. The van der Waals surface area contributed by atoms with Crippen LogP contribution in [0.2, 0.25) is 5.02 Å². The maximum absolute atomic E-state index is 13.5. The largest absolute Gasteiger partial charge is 0.478 e. The molecule has 3 aromatic rings. The first kappa shape index (κ1) is 16.4. The molecule has 0 saturated carbocycles. The molecule has 0 spiro atoms. The van der Waals surface area contributed by atoms with Gasteiger partial charge >= 0.3 is 5.97 Å². The molecule has 0 bridgehead atoms. The quantitative estimate of drug-likeness (QED) is 0.760. The van der Waals surface area contributed by atoms with Crippen molar-refractivity contribution in [1.29, 1.82) is 0 Å².